The quantitative estimate of drug-likeness (QED) is 0.153. The fourth-order valence-electron chi connectivity index (χ4n) is 6.79. The molecule has 0 fully saturated rings. The van der Waals surface area contributed by atoms with Crippen LogP contribution in [0, 0.1) is 15.7 Å². The number of benzene rings is 4. The van der Waals surface area contributed by atoms with Crippen molar-refractivity contribution in [3.8, 4) is 0 Å². The number of halogens is 1. The van der Waals surface area contributed by atoms with Crippen LogP contribution in [0.3, 0.4) is 0 Å². The zero-order valence-corrected chi connectivity index (χ0v) is 34.8. The second-order valence-corrected chi connectivity index (χ2v) is 21.1. The van der Waals surface area contributed by atoms with Crippen molar-refractivity contribution in [2.24, 2.45) is 5.41 Å². The third-order valence-electron chi connectivity index (χ3n) is 9.12. The maximum absolute atomic E-state index is 12.0. The zero-order chi connectivity index (χ0) is 38.3. The summed E-state index contributed by atoms with van der Waals surface area (Å²) in [6.45, 7) is 4.62. The van der Waals surface area contributed by atoms with Crippen molar-refractivity contribution in [1.82, 2.24) is 0 Å². The molecule has 2 heterocycles. The van der Waals surface area contributed by atoms with Crippen molar-refractivity contribution in [1.29, 1.82) is 0 Å². The van der Waals surface area contributed by atoms with E-state index < -0.39 is 24.0 Å². The summed E-state index contributed by atoms with van der Waals surface area (Å²) in [7, 11) is -4.63. The fraction of sp³-hybridized carbons (Fsp3) is 0.104. The van der Waals surface area contributed by atoms with Crippen LogP contribution in [0.5, 0.6) is 0 Å². The first-order valence-corrected chi connectivity index (χ1v) is 23.4. The van der Waals surface area contributed by atoms with Crippen molar-refractivity contribution in [2.75, 3.05) is 0 Å². The molecule has 276 valence electrons. The Morgan fingerprint density at radius 3 is 1.69 bits per heavy atom. The third-order valence-corrected chi connectivity index (χ3v) is 16.7. The molecule has 0 spiro atoms. The molecule has 0 amide bonds. The molecule has 0 saturated carbocycles. The van der Waals surface area contributed by atoms with Crippen LogP contribution >= 0.6 is 0 Å². The topological polar surface area (TPSA) is 78.4 Å². The molecule has 1 aliphatic carbocycles. The number of hydrogen-bond donors (Lipinski definition) is 0. The summed E-state index contributed by atoms with van der Waals surface area (Å²) in [6, 6.07) is 40.4. The predicted octanol–water partition coefficient (Wildman–Crippen LogP) is 7.77. The maximum atomic E-state index is 12.0. The fourth-order valence-corrected chi connectivity index (χ4v) is 14.3. The van der Waals surface area contributed by atoms with Crippen LogP contribution < -0.4 is 14.0 Å². The average Bonchev–Trinajstić information content (AvgIpc) is 3.18. The van der Waals surface area contributed by atoms with E-state index in [9.17, 15) is 14.0 Å². The molecule has 55 heavy (non-hydrogen) atoms. The van der Waals surface area contributed by atoms with Gasteiger partial charge in [-0.15, -0.1) is 0 Å². The van der Waals surface area contributed by atoms with Gasteiger partial charge in [-0.3, -0.25) is 0 Å². The molecule has 7 rings (SSSR count). The number of allylic oxidation sites excluding steroid dienone is 15. The van der Waals surface area contributed by atoms with Crippen molar-refractivity contribution < 1.29 is 27.6 Å². The first-order chi connectivity index (χ1) is 26.6. The molecule has 1 atom stereocenters. The van der Waals surface area contributed by atoms with Gasteiger partial charge in [0.2, 0.25) is 0 Å². The Hall–Kier alpha value is -4.42. The van der Waals surface area contributed by atoms with E-state index in [4.69, 9.17) is 3.37 Å². The van der Waals surface area contributed by atoms with Crippen LogP contribution in [0.15, 0.2) is 210 Å². The van der Waals surface area contributed by atoms with Crippen LogP contribution in [0.1, 0.15) is 48.9 Å². The molecule has 4 aromatic rings. The summed E-state index contributed by atoms with van der Waals surface area (Å²) < 4.78 is 45.4. The molecule has 0 N–H and O–H groups in total. The van der Waals surface area contributed by atoms with Gasteiger partial charge in [-0.2, -0.15) is 0 Å². The van der Waals surface area contributed by atoms with E-state index in [0.717, 1.165) is 38.4 Å². The van der Waals surface area contributed by atoms with E-state index in [1.165, 1.54) is 36.8 Å². The molecule has 4 nitrogen and oxygen atoms in total. The monoisotopic (exact) mass is 876 g/mol. The molecule has 4 aromatic carbocycles. The summed E-state index contributed by atoms with van der Waals surface area (Å²) >= 11 is -2.53. The van der Waals surface area contributed by atoms with Crippen LogP contribution in [0.2, 0.25) is 0 Å². The van der Waals surface area contributed by atoms with E-state index in [1.54, 1.807) is 0 Å². The molecule has 1 unspecified atom stereocenters. The molecule has 2 aliphatic heterocycles. The second kappa shape index (κ2) is 17.6. The minimum absolute atomic E-state index is 0.0900. The summed E-state index contributed by atoms with van der Waals surface area (Å²) in [5.74, 6) is 0. The van der Waals surface area contributed by atoms with Crippen LogP contribution in [-0.4, -0.2) is 33.2 Å². The Morgan fingerprint density at radius 2 is 1.13 bits per heavy atom. The van der Waals surface area contributed by atoms with Gasteiger partial charge >= 0.3 is 339 Å². The van der Waals surface area contributed by atoms with E-state index >= 15 is 0 Å². The third kappa shape index (κ3) is 10.7. The van der Waals surface area contributed by atoms with Gasteiger partial charge in [0, 0.05) is 0 Å². The minimum atomic E-state index is -4.63. The van der Waals surface area contributed by atoms with Gasteiger partial charge in [-0.05, 0) is 0 Å². The normalized spacial score (nSPS) is 19.5. The second-order valence-electron chi connectivity index (χ2n) is 14.2. The number of rotatable bonds is 10. The molecule has 7 heteroatoms. The van der Waals surface area contributed by atoms with Crippen molar-refractivity contribution in [3.63, 3.8) is 0 Å². The SMILES string of the molecule is CC1(C)CC(/C=C/C=C2C=C(c3ccccc3)[Se]C(c3ccccc3)=C2)=CC(=C/C=C/C2=CC(c3ccccc3)=[Se](O[Cl+3]([O-])([O-])[O-])C(c3ccccc3)=C2)/C1. The van der Waals surface area contributed by atoms with E-state index in [2.05, 4.69) is 123 Å². The van der Waals surface area contributed by atoms with Gasteiger partial charge in [0.15, 0.2) is 0 Å². The van der Waals surface area contributed by atoms with E-state index in [1.807, 2.05) is 78.9 Å². The molecule has 3 aliphatic rings. The van der Waals surface area contributed by atoms with Crippen molar-refractivity contribution in [3.05, 3.63) is 233 Å². The number of hydrogen-bond acceptors (Lipinski definition) is 4. The Labute approximate surface area is 336 Å². The van der Waals surface area contributed by atoms with Crippen LogP contribution in [-0.2, 0) is 3.37 Å². The first kappa shape index (κ1) is 38.8. The Bertz CT molecular complexity index is 2280. The average molecular weight is 875 g/mol. The van der Waals surface area contributed by atoms with Gasteiger partial charge < -0.3 is 0 Å². The van der Waals surface area contributed by atoms with Gasteiger partial charge in [0.05, 0.1) is 0 Å². The molecular formula is C48H41ClO4Se2. The Balaban J connectivity index is 1.18. The van der Waals surface area contributed by atoms with Gasteiger partial charge in [0.1, 0.15) is 0 Å². The summed E-state index contributed by atoms with van der Waals surface area (Å²) in [6.07, 6.45) is 25.7. The summed E-state index contributed by atoms with van der Waals surface area (Å²) in [5, 5.41) is 0. The Kier molecular flexibility index (Phi) is 12.4. The molecule has 0 saturated heterocycles. The van der Waals surface area contributed by atoms with E-state index in [-0.39, 0.29) is 20.4 Å². The predicted molar refractivity (Wildman–Crippen MR) is 220 cm³/mol. The van der Waals surface area contributed by atoms with E-state index in [0.29, 0.717) is 0 Å². The molecule has 0 bridgehead atoms. The van der Waals surface area contributed by atoms with Crippen molar-refractivity contribution >= 4 is 46.6 Å². The van der Waals surface area contributed by atoms with Gasteiger partial charge in [-0.25, -0.2) is 0 Å². The van der Waals surface area contributed by atoms with Crippen molar-refractivity contribution in [2.45, 2.75) is 26.7 Å². The molecule has 0 radical (unpaired) electrons. The van der Waals surface area contributed by atoms with Crippen LogP contribution in [0.25, 0.3) is 13.4 Å². The molecular weight excluding hydrogens is 834 g/mol. The van der Waals surface area contributed by atoms with Gasteiger partial charge in [-0.1, -0.05) is 0 Å². The van der Waals surface area contributed by atoms with Gasteiger partial charge in [0.25, 0.3) is 0 Å². The van der Waals surface area contributed by atoms with Crippen LogP contribution in [0.4, 0.5) is 0 Å². The first-order valence-electron chi connectivity index (χ1n) is 18.0. The zero-order valence-electron chi connectivity index (χ0n) is 30.6. The Morgan fingerprint density at radius 1 is 0.600 bits per heavy atom. The summed E-state index contributed by atoms with van der Waals surface area (Å²) in [5.41, 5.74) is 8.88. The standard InChI is InChI=1S/C48H41ClO4Se2/c1-48(2)34-38(19-15-17-36-30-44(40-21-7-3-8-22-40)54-45(31-36)41-23-9-4-10-24-41)29-39(35-48)20-16-18-37-32-46(42-25-11-5-12-26-42)55(53-49(50,51)52)47(33-37)43-27-13-6-14-28-43/h3-33H,34-35H2,1-2H3/b18-16+,19-15+,39-20-. The molecule has 0 aromatic heterocycles. The summed E-state index contributed by atoms with van der Waals surface area (Å²) in [4.78, 5) is 0.